The lowest BCUT2D eigenvalue weighted by Gasteiger charge is -2.25. The van der Waals surface area contributed by atoms with Gasteiger partial charge in [0, 0.05) is 5.02 Å². The molecule has 0 bridgehead atoms. The van der Waals surface area contributed by atoms with Gasteiger partial charge in [0.1, 0.15) is 6.54 Å². The normalized spacial score (nSPS) is 11.5. The molecule has 0 radical (unpaired) electrons. The number of sulfonamides is 1. The summed E-state index contributed by atoms with van der Waals surface area (Å²) in [5, 5.41) is 4.40. The van der Waals surface area contributed by atoms with Gasteiger partial charge in [-0.05, 0) is 55.3 Å². The molecule has 6 nitrogen and oxygen atoms in total. The number of rotatable bonds is 7. The number of hydrogen-bond acceptors (Lipinski definition) is 4. The maximum absolute atomic E-state index is 13.4. The van der Waals surface area contributed by atoms with Crippen LogP contribution in [-0.4, -0.2) is 27.1 Å². The molecule has 160 valence electrons. The van der Waals surface area contributed by atoms with E-state index in [4.69, 9.17) is 11.6 Å². The highest BCUT2D eigenvalue weighted by Gasteiger charge is 2.28. The van der Waals surface area contributed by atoms with Gasteiger partial charge in [-0.2, -0.15) is 5.10 Å². The number of hydrazone groups is 1. The van der Waals surface area contributed by atoms with Gasteiger partial charge in [0.15, 0.2) is 0 Å². The zero-order valence-corrected chi connectivity index (χ0v) is 18.7. The smallest absolute Gasteiger partial charge is 0.264 e. The summed E-state index contributed by atoms with van der Waals surface area (Å²) in [7, 11) is -4.00. The third kappa shape index (κ3) is 5.71. The number of carbonyl (C=O) groups excluding carboxylic acids is 1. The number of carbonyl (C=O) groups is 1. The van der Waals surface area contributed by atoms with Crippen molar-refractivity contribution < 1.29 is 13.2 Å². The second-order valence-corrected chi connectivity index (χ2v) is 9.26. The first-order valence-electron chi connectivity index (χ1n) is 9.50. The van der Waals surface area contributed by atoms with Crippen molar-refractivity contribution in [3.05, 3.63) is 94.5 Å². The quantitative estimate of drug-likeness (QED) is 0.426. The minimum absolute atomic E-state index is 0.0908. The highest BCUT2D eigenvalue weighted by molar-refractivity contribution is 7.92. The van der Waals surface area contributed by atoms with E-state index in [0.717, 1.165) is 15.4 Å². The Kier molecular flexibility index (Phi) is 7.09. The van der Waals surface area contributed by atoms with Crippen LogP contribution in [0.3, 0.4) is 0 Å². The monoisotopic (exact) mass is 455 g/mol. The fourth-order valence-electron chi connectivity index (χ4n) is 2.92. The molecule has 8 heteroatoms. The number of benzene rings is 3. The summed E-state index contributed by atoms with van der Waals surface area (Å²) in [6.07, 6.45) is 1.49. The van der Waals surface area contributed by atoms with E-state index in [1.807, 2.05) is 37.3 Å². The Hall–Kier alpha value is -3.16. The van der Waals surface area contributed by atoms with Crippen LogP contribution in [-0.2, 0) is 14.8 Å². The minimum atomic E-state index is -4.00. The summed E-state index contributed by atoms with van der Waals surface area (Å²) < 4.78 is 27.8. The lowest BCUT2D eigenvalue weighted by molar-refractivity contribution is -0.119. The lowest BCUT2D eigenvalue weighted by Crippen LogP contribution is -2.40. The van der Waals surface area contributed by atoms with Crippen LogP contribution < -0.4 is 9.73 Å². The predicted molar refractivity (Wildman–Crippen MR) is 124 cm³/mol. The van der Waals surface area contributed by atoms with Crippen molar-refractivity contribution in [2.24, 2.45) is 5.10 Å². The Labute approximate surface area is 187 Å². The molecule has 0 spiro atoms. The zero-order chi connectivity index (χ0) is 22.4. The van der Waals surface area contributed by atoms with E-state index in [1.54, 1.807) is 37.3 Å². The van der Waals surface area contributed by atoms with Crippen molar-refractivity contribution in [1.82, 2.24) is 5.43 Å². The molecule has 1 N–H and O–H groups in total. The van der Waals surface area contributed by atoms with Crippen LogP contribution in [0.2, 0.25) is 5.02 Å². The van der Waals surface area contributed by atoms with Crippen LogP contribution in [0.5, 0.6) is 0 Å². The second-order valence-electron chi connectivity index (χ2n) is 6.96. The van der Waals surface area contributed by atoms with E-state index in [9.17, 15) is 13.2 Å². The van der Waals surface area contributed by atoms with Gasteiger partial charge in [0.25, 0.3) is 15.9 Å². The van der Waals surface area contributed by atoms with Crippen LogP contribution >= 0.6 is 11.6 Å². The van der Waals surface area contributed by atoms with E-state index in [1.165, 1.54) is 18.3 Å². The molecule has 0 aromatic heterocycles. The molecule has 0 heterocycles. The number of nitrogens with one attached hydrogen (secondary N) is 1. The van der Waals surface area contributed by atoms with Gasteiger partial charge >= 0.3 is 0 Å². The minimum Gasteiger partial charge on any atom is -0.271 e. The standard InChI is InChI=1S/C23H22ClN3O3S/c1-17-8-11-21(12-9-17)31(29,30)27(22-13-10-20(24)14-18(22)2)16-23(28)26-25-15-19-6-4-3-5-7-19/h3-15H,16H2,1-2H3,(H,26,28)/b25-15+. The average Bonchev–Trinajstić information content (AvgIpc) is 2.73. The zero-order valence-electron chi connectivity index (χ0n) is 17.1. The van der Waals surface area contributed by atoms with E-state index in [2.05, 4.69) is 10.5 Å². The van der Waals surface area contributed by atoms with Gasteiger partial charge in [0.05, 0.1) is 16.8 Å². The van der Waals surface area contributed by atoms with Crippen molar-refractivity contribution in [1.29, 1.82) is 0 Å². The average molecular weight is 456 g/mol. The maximum atomic E-state index is 13.4. The van der Waals surface area contributed by atoms with E-state index < -0.39 is 22.5 Å². The molecule has 0 aliphatic carbocycles. The summed E-state index contributed by atoms with van der Waals surface area (Å²) in [5.74, 6) is -0.572. The molecule has 3 rings (SSSR count). The van der Waals surface area contributed by atoms with Crippen molar-refractivity contribution >= 4 is 39.4 Å². The Morgan fingerprint density at radius 2 is 1.71 bits per heavy atom. The molecule has 1 amide bonds. The largest absolute Gasteiger partial charge is 0.271 e. The molecule has 0 atom stereocenters. The summed E-state index contributed by atoms with van der Waals surface area (Å²) in [4.78, 5) is 12.7. The summed E-state index contributed by atoms with van der Waals surface area (Å²) >= 11 is 6.04. The number of hydrogen-bond donors (Lipinski definition) is 1. The number of aryl methyl sites for hydroxylation is 2. The van der Waals surface area contributed by atoms with Crippen LogP contribution in [0.15, 0.2) is 82.8 Å². The van der Waals surface area contributed by atoms with Crippen molar-refractivity contribution in [3.8, 4) is 0 Å². The first-order valence-corrected chi connectivity index (χ1v) is 11.3. The molecule has 0 unspecified atom stereocenters. The second kappa shape index (κ2) is 9.76. The Morgan fingerprint density at radius 1 is 1.03 bits per heavy atom. The molecule has 0 aliphatic rings. The van der Waals surface area contributed by atoms with Crippen LogP contribution in [0.1, 0.15) is 16.7 Å². The number of nitrogens with zero attached hydrogens (tertiary/aromatic N) is 2. The van der Waals surface area contributed by atoms with Crippen molar-refractivity contribution in [2.75, 3.05) is 10.8 Å². The highest BCUT2D eigenvalue weighted by atomic mass is 35.5. The third-order valence-corrected chi connectivity index (χ3v) is 6.54. The summed E-state index contributed by atoms with van der Waals surface area (Å²) in [6, 6.07) is 20.5. The summed E-state index contributed by atoms with van der Waals surface area (Å²) in [5.41, 5.74) is 5.13. The van der Waals surface area contributed by atoms with Crippen LogP contribution in [0.25, 0.3) is 0 Å². The number of amides is 1. The summed E-state index contributed by atoms with van der Waals surface area (Å²) in [6.45, 7) is 3.17. The Balaban J connectivity index is 1.89. The van der Waals surface area contributed by atoms with E-state index >= 15 is 0 Å². The van der Waals surface area contributed by atoms with Gasteiger partial charge < -0.3 is 0 Å². The van der Waals surface area contributed by atoms with Crippen LogP contribution in [0, 0.1) is 13.8 Å². The number of anilines is 1. The van der Waals surface area contributed by atoms with Gasteiger partial charge in [-0.3, -0.25) is 9.10 Å². The molecule has 0 fully saturated rings. The van der Waals surface area contributed by atoms with Gasteiger partial charge in [-0.15, -0.1) is 0 Å². The lowest BCUT2D eigenvalue weighted by atomic mass is 10.2. The Morgan fingerprint density at radius 3 is 2.35 bits per heavy atom. The van der Waals surface area contributed by atoms with E-state index in [-0.39, 0.29) is 4.90 Å². The molecule has 0 saturated carbocycles. The van der Waals surface area contributed by atoms with Gasteiger partial charge in [-0.25, -0.2) is 13.8 Å². The van der Waals surface area contributed by atoms with E-state index in [0.29, 0.717) is 16.3 Å². The molecular weight excluding hydrogens is 434 g/mol. The van der Waals surface area contributed by atoms with Crippen molar-refractivity contribution in [3.63, 3.8) is 0 Å². The molecule has 31 heavy (non-hydrogen) atoms. The SMILES string of the molecule is Cc1ccc(S(=O)(=O)N(CC(=O)N/N=C/c2ccccc2)c2ccc(Cl)cc2C)cc1. The van der Waals surface area contributed by atoms with Gasteiger partial charge in [0.2, 0.25) is 0 Å². The fourth-order valence-corrected chi connectivity index (χ4v) is 4.63. The first-order chi connectivity index (χ1) is 14.8. The van der Waals surface area contributed by atoms with Gasteiger partial charge in [-0.1, -0.05) is 59.6 Å². The predicted octanol–water partition coefficient (Wildman–Crippen LogP) is 4.30. The molecule has 0 saturated heterocycles. The fraction of sp³-hybridized carbons (Fsp3) is 0.130. The highest BCUT2D eigenvalue weighted by Crippen LogP contribution is 2.28. The van der Waals surface area contributed by atoms with Crippen molar-refractivity contribution in [2.45, 2.75) is 18.7 Å². The maximum Gasteiger partial charge on any atom is 0.264 e. The molecule has 3 aromatic rings. The Bertz CT molecular complexity index is 1190. The topological polar surface area (TPSA) is 78.8 Å². The molecule has 0 aliphatic heterocycles. The molecule has 3 aromatic carbocycles. The first kappa shape index (κ1) is 22.5. The van der Waals surface area contributed by atoms with Crippen LogP contribution in [0.4, 0.5) is 5.69 Å². The number of halogens is 1. The third-order valence-electron chi connectivity index (χ3n) is 4.53. The molecular formula is C23H22ClN3O3S.